The Hall–Kier alpha value is -0.790. The molecule has 0 aliphatic heterocycles. The second-order valence-electron chi connectivity index (χ2n) is 2.23. The minimum atomic E-state index is -0.115. The zero-order valence-electron chi connectivity index (χ0n) is 9.66. The van der Waals surface area contributed by atoms with E-state index >= 15 is 0 Å². The van der Waals surface area contributed by atoms with Gasteiger partial charge in [-0.3, -0.25) is 4.79 Å². The number of phenolic OH excluding ortho intramolecular Hbond substituents is 1. The van der Waals surface area contributed by atoms with E-state index in [-0.39, 0.29) is 79.5 Å². The molecule has 0 aromatic heterocycles. The first-order valence-electron chi connectivity index (χ1n) is 3.25. The van der Waals surface area contributed by atoms with Crippen LogP contribution in [-0.2, 0) is 4.79 Å². The van der Waals surface area contributed by atoms with Crippen LogP contribution in [0.5, 0.6) is 5.75 Å². The van der Waals surface area contributed by atoms with E-state index in [2.05, 4.69) is 5.32 Å². The molecule has 116 valence electrons. The first kappa shape index (κ1) is 51.7. The number of carbonyl (C=O) groups is 1. The first-order valence-corrected chi connectivity index (χ1v) is 3.25. The molecular weight excluding hydrogens is 277 g/mol. The topological polar surface area (TPSA) is 270 Å². The van der Waals surface area contributed by atoms with Crippen LogP contribution < -0.4 is 5.32 Å². The Morgan fingerprint density at radius 3 is 1.47 bits per heavy atom. The number of hydrogen-bond donors (Lipinski definition) is 2. The summed E-state index contributed by atoms with van der Waals surface area (Å²) in [6.45, 7) is 1.44. The number of aromatic hydroxyl groups is 1. The molecule has 0 fully saturated rings. The molecule has 1 aromatic carbocycles. The molecule has 0 aliphatic rings. The molecule has 0 saturated heterocycles. The van der Waals surface area contributed by atoms with E-state index in [0.717, 1.165) is 0 Å². The van der Waals surface area contributed by atoms with E-state index in [1.54, 1.807) is 12.1 Å². The number of anilines is 1. The standard InChI is InChI=1S/C8H9NO2.Na.7H2O.H/c1-6(10)9-7-2-4-8(11)5-3-7;;;;;;;;;/h2-5,11H,1H3,(H,9,10);;7*1H2;. The van der Waals surface area contributed by atoms with Gasteiger partial charge in [0.1, 0.15) is 5.75 Å². The fourth-order valence-corrected chi connectivity index (χ4v) is 0.748. The van der Waals surface area contributed by atoms with Gasteiger partial charge in [0.25, 0.3) is 0 Å². The molecule has 0 atom stereocenters. The molecule has 11 heteroatoms. The van der Waals surface area contributed by atoms with Crippen LogP contribution in [0.25, 0.3) is 0 Å². The molecule has 10 nitrogen and oxygen atoms in total. The van der Waals surface area contributed by atoms with Crippen molar-refractivity contribution in [1.82, 2.24) is 0 Å². The number of hydrogen-bond acceptors (Lipinski definition) is 2. The van der Waals surface area contributed by atoms with Gasteiger partial charge in [0.15, 0.2) is 0 Å². The number of rotatable bonds is 1. The Balaban J connectivity index is -0.0000000252. The van der Waals surface area contributed by atoms with Crippen molar-refractivity contribution in [2.24, 2.45) is 0 Å². The van der Waals surface area contributed by atoms with Crippen molar-refractivity contribution >= 4 is 41.2 Å². The van der Waals surface area contributed by atoms with Gasteiger partial charge in [-0.05, 0) is 24.3 Å². The zero-order valence-corrected chi connectivity index (χ0v) is 9.66. The molecule has 16 N–H and O–H groups in total. The molecule has 0 spiro atoms. The fraction of sp³-hybridized carbons (Fsp3) is 0.125. The third kappa shape index (κ3) is 22.8. The van der Waals surface area contributed by atoms with Crippen molar-refractivity contribution in [3.63, 3.8) is 0 Å². The molecule has 1 aromatic rings. The van der Waals surface area contributed by atoms with Crippen LogP contribution in [0.15, 0.2) is 24.3 Å². The van der Waals surface area contributed by atoms with Gasteiger partial charge in [0.05, 0.1) is 0 Å². The Kier molecular flexibility index (Phi) is 70.6. The van der Waals surface area contributed by atoms with E-state index < -0.39 is 0 Å². The molecule has 0 bridgehead atoms. The Morgan fingerprint density at radius 2 is 1.21 bits per heavy atom. The van der Waals surface area contributed by atoms with E-state index in [9.17, 15) is 4.79 Å². The SMILES string of the molecule is CC(=O)Nc1ccc(O)cc1.O.O.O.O.O.O.O.[NaH]. The summed E-state index contributed by atoms with van der Waals surface area (Å²) < 4.78 is 0. The van der Waals surface area contributed by atoms with Crippen LogP contribution in [0.1, 0.15) is 6.92 Å². The van der Waals surface area contributed by atoms with Gasteiger partial charge in [0.2, 0.25) is 5.91 Å². The van der Waals surface area contributed by atoms with Crippen LogP contribution in [0.4, 0.5) is 5.69 Å². The van der Waals surface area contributed by atoms with Gasteiger partial charge in [-0.1, -0.05) is 0 Å². The van der Waals surface area contributed by atoms with Gasteiger partial charge >= 0.3 is 29.6 Å². The Labute approximate surface area is 131 Å². The molecule has 0 saturated carbocycles. The minimum absolute atomic E-state index is 0. The van der Waals surface area contributed by atoms with Crippen LogP contribution in [0, 0.1) is 0 Å². The van der Waals surface area contributed by atoms with Crippen molar-refractivity contribution in [2.45, 2.75) is 6.92 Å². The summed E-state index contributed by atoms with van der Waals surface area (Å²) in [7, 11) is 0. The predicted molar refractivity (Wildman–Crippen MR) is 74.9 cm³/mol. The monoisotopic (exact) mass is 301 g/mol. The van der Waals surface area contributed by atoms with Crippen LogP contribution in [0.3, 0.4) is 0 Å². The van der Waals surface area contributed by atoms with Gasteiger partial charge in [-0.15, -0.1) is 0 Å². The molecule has 19 heavy (non-hydrogen) atoms. The van der Waals surface area contributed by atoms with Crippen molar-refractivity contribution in [1.29, 1.82) is 0 Å². The van der Waals surface area contributed by atoms with E-state index in [1.807, 2.05) is 0 Å². The summed E-state index contributed by atoms with van der Waals surface area (Å²) in [6, 6.07) is 6.31. The van der Waals surface area contributed by atoms with Crippen LogP contribution >= 0.6 is 0 Å². The van der Waals surface area contributed by atoms with E-state index in [1.165, 1.54) is 19.1 Å². The summed E-state index contributed by atoms with van der Waals surface area (Å²) in [5.74, 6) is 0.0785. The predicted octanol–water partition coefficient (Wildman–Crippen LogP) is -5.07. The molecule has 0 aliphatic carbocycles. The number of phenols is 1. The summed E-state index contributed by atoms with van der Waals surface area (Å²) in [4.78, 5) is 10.5. The summed E-state index contributed by atoms with van der Waals surface area (Å²) in [5.41, 5.74) is 0.690. The Morgan fingerprint density at radius 1 is 0.895 bits per heavy atom. The average Bonchev–Trinajstić information content (AvgIpc) is 1.93. The number of carbonyl (C=O) groups excluding carboxylic acids is 1. The zero-order chi connectivity index (χ0) is 8.27. The van der Waals surface area contributed by atoms with E-state index in [4.69, 9.17) is 5.11 Å². The second kappa shape index (κ2) is 25.9. The quantitative estimate of drug-likeness (QED) is 0.380. The van der Waals surface area contributed by atoms with Gasteiger partial charge < -0.3 is 48.8 Å². The number of benzene rings is 1. The second-order valence-corrected chi connectivity index (χ2v) is 2.23. The van der Waals surface area contributed by atoms with Crippen LogP contribution in [0.2, 0.25) is 0 Å². The third-order valence-corrected chi connectivity index (χ3v) is 1.19. The van der Waals surface area contributed by atoms with Crippen molar-refractivity contribution < 1.29 is 48.2 Å². The molecule has 0 heterocycles. The van der Waals surface area contributed by atoms with Crippen molar-refractivity contribution in [3.8, 4) is 5.75 Å². The number of amides is 1. The molecule has 0 unspecified atom stereocenters. The maximum atomic E-state index is 10.5. The Bertz CT molecular complexity index is 269. The van der Waals surface area contributed by atoms with Gasteiger partial charge in [-0.25, -0.2) is 0 Å². The molecule has 0 radical (unpaired) electrons. The average molecular weight is 301 g/mol. The third-order valence-electron chi connectivity index (χ3n) is 1.19. The first-order chi connectivity index (χ1) is 5.18. The summed E-state index contributed by atoms with van der Waals surface area (Å²) >= 11 is 0. The van der Waals surface area contributed by atoms with Gasteiger partial charge in [0, 0.05) is 12.6 Å². The fourth-order valence-electron chi connectivity index (χ4n) is 0.748. The molecular formula is C8H24NNaO9. The van der Waals surface area contributed by atoms with Crippen molar-refractivity contribution in [2.75, 3.05) is 5.32 Å². The number of nitrogens with one attached hydrogen (secondary N) is 1. The summed E-state index contributed by atoms with van der Waals surface area (Å²) in [5, 5.41) is 11.5. The van der Waals surface area contributed by atoms with Crippen molar-refractivity contribution in [3.05, 3.63) is 24.3 Å². The maximum absolute atomic E-state index is 10.5. The molecule has 1 amide bonds. The van der Waals surface area contributed by atoms with E-state index in [0.29, 0.717) is 5.69 Å². The molecule has 1 rings (SSSR count). The summed E-state index contributed by atoms with van der Waals surface area (Å²) in [6.07, 6.45) is 0. The van der Waals surface area contributed by atoms with Crippen LogP contribution in [-0.4, -0.2) is 78.9 Å². The normalized spacial score (nSPS) is 5.32. The van der Waals surface area contributed by atoms with Gasteiger partial charge in [-0.2, -0.15) is 0 Å².